The van der Waals surface area contributed by atoms with Crippen LogP contribution in [0.1, 0.15) is 48.0 Å². The molecule has 0 radical (unpaired) electrons. The first-order valence-electron chi connectivity index (χ1n) is 9.85. The van der Waals surface area contributed by atoms with Gasteiger partial charge in [-0.05, 0) is 46.4 Å². The number of hydrogen-bond donors (Lipinski definition) is 2. The third-order valence-corrected chi connectivity index (χ3v) is 5.08. The molecule has 0 aliphatic rings. The van der Waals surface area contributed by atoms with E-state index in [1.807, 2.05) is 41.2 Å². The molecule has 0 spiro atoms. The molecule has 5 nitrogen and oxygen atoms in total. The molecule has 0 bridgehead atoms. The van der Waals surface area contributed by atoms with Crippen LogP contribution >= 0.6 is 0 Å². The number of nitrogens with one attached hydrogen (secondary N) is 2. The Bertz CT molecular complexity index is 1130. The smallest absolute Gasteiger partial charge is 0.267 e. The predicted octanol–water partition coefficient (Wildman–Crippen LogP) is 4.64. The van der Waals surface area contributed by atoms with Crippen molar-refractivity contribution in [3.8, 4) is 0 Å². The van der Waals surface area contributed by atoms with Crippen molar-refractivity contribution in [2.24, 2.45) is 0 Å². The van der Waals surface area contributed by atoms with Crippen LogP contribution in [0.3, 0.4) is 0 Å². The van der Waals surface area contributed by atoms with Crippen LogP contribution in [0.2, 0.25) is 0 Å². The number of nitrogens with zero attached hydrogens (tertiary/aromatic N) is 2. The Hall–Kier alpha value is -3.34. The van der Waals surface area contributed by atoms with E-state index in [1.54, 1.807) is 6.20 Å². The highest BCUT2D eigenvalue weighted by atomic mass is 16.1. The zero-order valence-electron chi connectivity index (χ0n) is 17.1. The van der Waals surface area contributed by atoms with Gasteiger partial charge in [0.1, 0.15) is 5.69 Å². The third-order valence-electron chi connectivity index (χ3n) is 5.08. The maximum atomic E-state index is 12.7. The summed E-state index contributed by atoms with van der Waals surface area (Å²) in [7, 11) is 0. The lowest BCUT2D eigenvalue weighted by Crippen LogP contribution is -2.23. The number of hydrogen-bond acceptors (Lipinski definition) is 2. The van der Waals surface area contributed by atoms with E-state index in [4.69, 9.17) is 0 Å². The van der Waals surface area contributed by atoms with Gasteiger partial charge in [-0.25, -0.2) is 0 Å². The molecule has 1 amide bonds. The average Bonchev–Trinajstić information content (AvgIpc) is 3.34. The van der Waals surface area contributed by atoms with Crippen LogP contribution in [-0.2, 0) is 18.5 Å². The Kier molecular flexibility index (Phi) is 4.97. The van der Waals surface area contributed by atoms with Crippen LogP contribution < -0.4 is 5.32 Å². The van der Waals surface area contributed by atoms with Gasteiger partial charge >= 0.3 is 0 Å². The standard InChI is InChI=1S/C24H26N4O/c1-24(2,3)20-8-9-21-19(13-20)14-22(27-21)23(29)25-15-17-6-4-7-18(12-17)16-28-11-5-10-26-28/h4-14,27H,15-16H2,1-3H3,(H,25,29). The van der Waals surface area contributed by atoms with E-state index >= 15 is 0 Å². The minimum atomic E-state index is -0.101. The maximum absolute atomic E-state index is 12.7. The van der Waals surface area contributed by atoms with Gasteiger partial charge in [0, 0.05) is 29.8 Å². The Morgan fingerprint density at radius 2 is 1.90 bits per heavy atom. The number of H-pyrrole nitrogens is 1. The fraction of sp³-hybridized carbons (Fsp3) is 0.250. The summed E-state index contributed by atoms with van der Waals surface area (Å²) >= 11 is 0. The molecule has 0 saturated carbocycles. The summed E-state index contributed by atoms with van der Waals surface area (Å²) in [5.74, 6) is -0.101. The molecule has 0 aliphatic carbocycles. The van der Waals surface area contributed by atoms with Gasteiger partial charge in [-0.1, -0.05) is 51.1 Å². The zero-order chi connectivity index (χ0) is 20.4. The highest BCUT2D eigenvalue weighted by Crippen LogP contribution is 2.26. The summed E-state index contributed by atoms with van der Waals surface area (Å²) in [6.07, 6.45) is 3.71. The molecule has 2 aromatic heterocycles. The fourth-order valence-corrected chi connectivity index (χ4v) is 3.42. The van der Waals surface area contributed by atoms with Crippen molar-refractivity contribution in [2.75, 3.05) is 0 Å². The lowest BCUT2D eigenvalue weighted by molar-refractivity contribution is 0.0946. The number of fused-ring (bicyclic) bond motifs is 1. The van der Waals surface area contributed by atoms with Crippen LogP contribution in [0, 0.1) is 0 Å². The lowest BCUT2D eigenvalue weighted by atomic mass is 9.86. The van der Waals surface area contributed by atoms with E-state index in [-0.39, 0.29) is 11.3 Å². The van der Waals surface area contributed by atoms with Crippen molar-refractivity contribution < 1.29 is 4.79 Å². The van der Waals surface area contributed by atoms with E-state index in [0.29, 0.717) is 18.8 Å². The van der Waals surface area contributed by atoms with E-state index in [0.717, 1.165) is 22.0 Å². The second-order valence-electron chi connectivity index (χ2n) is 8.44. The molecule has 0 atom stereocenters. The summed E-state index contributed by atoms with van der Waals surface area (Å²) in [5, 5.41) is 8.31. The summed E-state index contributed by atoms with van der Waals surface area (Å²) in [4.78, 5) is 15.9. The Morgan fingerprint density at radius 3 is 2.66 bits per heavy atom. The Morgan fingerprint density at radius 1 is 1.07 bits per heavy atom. The van der Waals surface area contributed by atoms with Gasteiger partial charge in [-0.15, -0.1) is 0 Å². The number of aromatic amines is 1. The summed E-state index contributed by atoms with van der Waals surface area (Å²) in [5.41, 5.74) is 5.11. The first kappa shape index (κ1) is 19.0. The Balaban J connectivity index is 1.44. The normalized spacial score (nSPS) is 11.7. The van der Waals surface area contributed by atoms with Crippen LogP contribution in [0.5, 0.6) is 0 Å². The molecule has 4 aromatic rings. The molecule has 0 unspecified atom stereocenters. The first-order chi connectivity index (χ1) is 13.9. The van der Waals surface area contributed by atoms with Gasteiger partial charge < -0.3 is 10.3 Å². The lowest BCUT2D eigenvalue weighted by Gasteiger charge is -2.18. The molecular weight excluding hydrogens is 360 g/mol. The van der Waals surface area contributed by atoms with Gasteiger partial charge in [0.15, 0.2) is 0 Å². The minimum absolute atomic E-state index is 0.0784. The van der Waals surface area contributed by atoms with E-state index in [2.05, 4.69) is 60.4 Å². The minimum Gasteiger partial charge on any atom is -0.351 e. The highest BCUT2D eigenvalue weighted by Gasteiger charge is 2.15. The number of aromatic nitrogens is 3. The quantitative estimate of drug-likeness (QED) is 0.525. The first-order valence-corrected chi connectivity index (χ1v) is 9.85. The van der Waals surface area contributed by atoms with Gasteiger partial charge in [-0.3, -0.25) is 9.48 Å². The molecule has 5 heteroatoms. The van der Waals surface area contributed by atoms with Crippen molar-refractivity contribution >= 4 is 16.8 Å². The number of carbonyl (C=O) groups excluding carboxylic acids is 1. The number of amides is 1. The second kappa shape index (κ2) is 7.59. The highest BCUT2D eigenvalue weighted by molar-refractivity contribution is 5.98. The maximum Gasteiger partial charge on any atom is 0.267 e. The Labute approximate surface area is 170 Å². The zero-order valence-corrected chi connectivity index (χ0v) is 17.1. The number of rotatable bonds is 5. The summed E-state index contributed by atoms with van der Waals surface area (Å²) in [6, 6.07) is 18.4. The molecule has 2 aromatic carbocycles. The number of benzene rings is 2. The van der Waals surface area contributed by atoms with E-state index in [1.165, 1.54) is 5.56 Å². The molecule has 4 rings (SSSR count). The topological polar surface area (TPSA) is 62.7 Å². The molecule has 148 valence electrons. The molecule has 0 fully saturated rings. The van der Waals surface area contributed by atoms with Crippen molar-refractivity contribution in [3.63, 3.8) is 0 Å². The average molecular weight is 386 g/mol. The summed E-state index contributed by atoms with van der Waals surface area (Å²) in [6.45, 7) is 7.76. The van der Waals surface area contributed by atoms with Gasteiger partial charge in [0.25, 0.3) is 5.91 Å². The van der Waals surface area contributed by atoms with Crippen LogP contribution in [-0.4, -0.2) is 20.7 Å². The molecule has 29 heavy (non-hydrogen) atoms. The summed E-state index contributed by atoms with van der Waals surface area (Å²) < 4.78 is 1.88. The van der Waals surface area contributed by atoms with Crippen LogP contribution in [0.15, 0.2) is 67.0 Å². The van der Waals surface area contributed by atoms with Crippen molar-refractivity contribution in [3.05, 3.63) is 89.4 Å². The van der Waals surface area contributed by atoms with Crippen molar-refractivity contribution in [1.82, 2.24) is 20.1 Å². The van der Waals surface area contributed by atoms with Gasteiger partial charge in [0.2, 0.25) is 0 Å². The number of carbonyl (C=O) groups is 1. The van der Waals surface area contributed by atoms with E-state index in [9.17, 15) is 4.79 Å². The second-order valence-corrected chi connectivity index (χ2v) is 8.44. The van der Waals surface area contributed by atoms with Crippen LogP contribution in [0.25, 0.3) is 10.9 Å². The largest absolute Gasteiger partial charge is 0.351 e. The van der Waals surface area contributed by atoms with Gasteiger partial charge in [-0.2, -0.15) is 5.10 Å². The third kappa shape index (κ3) is 4.40. The SMILES string of the molecule is CC(C)(C)c1ccc2[nH]c(C(=O)NCc3cccc(Cn4cccn4)c3)cc2c1. The molecule has 2 N–H and O–H groups in total. The monoisotopic (exact) mass is 386 g/mol. The van der Waals surface area contributed by atoms with Crippen molar-refractivity contribution in [1.29, 1.82) is 0 Å². The molecular formula is C24H26N4O. The fourth-order valence-electron chi connectivity index (χ4n) is 3.42. The molecule has 0 saturated heterocycles. The van der Waals surface area contributed by atoms with Crippen molar-refractivity contribution in [2.45, 2.75) is 39.3 Å². The predicted molar refractivity (Wildman–Crippen MR) is 116 cm³/mol. The van der Waals surface area contributed by atoms with Crippen LogP contribution in [0.4, 0.5) is 0 Å². The molecule has 2 heterocycles. The van der Waals surface area contributed by atoms with Gasteiger partial charge in [0.05, 0.1) is 6.54 Å². The van der Waals surface area contributed by atoms with E-state index < -0.39 is 0 Å². The molecule has 0 aliphatic heterocycles.